The summed E-state index contributed by atoms with van der Waals surface area (Å²) < 4.78 is 35.3. The van der Waals surface area contributed by atoms with Crippen molar-refractivity contribution < 1.29 is 23.3 Å². The fourth-order valence-corrected chi connectivity index (χ4v) is 9.81. The average molecular weight is 869 g/mol. The predicted octanol–water partition coefficient (Wildman–Crippen LogP) is 13.7. The molecule has 0 aliphatic carbocycles. The quantitative estimate of drug-likeness (QED) is 0.0466. The summed E-state index contributed by atoms with van der Waals surface area (Å²) >= 11 is 0. The van der Waals surface area contributed by atoms with Crippen LogP contribution in [0.4, 0.5) is 0 Å². The van der Waals surface area contributed by atoms with Crippen LogP contribution in [-0.2, 0) is 29.2 Å². The lowest BCUT2D eigenvalue weighted by atomic mass is 10.0. The van der Waals surface area contributed by atoms with Gasteiger partial charge in [-0.05, 0) is 103 Å². The van der Waals surface area contributed by atoms with E-state index in [2.05, 4.69) is 46.4 Å². The van der Waals surface area contributed by atoms with Crippen LogP contribution in [0.3, 0.4) is 0 Å². The molecule has 0 aromatic carbocycles. The van der Waals surface area contributed by atoms with Crippen LogP contribution in [0.15, 0.2) is 4.36 Å². The Morgan fingerprint density at radius 3 is 1.40 bits per heavy atom. The van der Waals surface area contributed by atoms with E-state index in [-0.39, 0.29) is 24.1 Å². The number of nitrogens with one attached hydrogen (secondary N) is 2. The van der Waals surface area contributed by atoms with E-state index in [0.29, 0.717) is 25.9 Å². The molecule has 2 atom stereocenters. The minimum atomic E-state index is -2.46. The third-order valence-electron chi connectivity index (χ3n) is 12.3. The van der Waals surface area contributed by atoms with E-state index >= 15 is 0 Å². The zero-order valence-electron chi connectivity index (χ0n) is 40.2. The number of hydrogen-bond donors (Lipinski definition) is 2. The van der Waals surface area contributed by atoms with Gasteiger partial charge in [0.1, 0.15) is 12.2 Å². The van der Waals surface area contributed by atoms with Crippen LogP contribution in [0.25, 0.3) is 0 Å². The van der Waals surface area contributed by atoms with Gasteiger partial charge in [-0.2, -0.15) is 0 Å². The molecule has 356 valence electrons. The number of rotatable bonds is 45. The zero-order chi connectivity index (χ0) is 43.6. The molecule has 9 nitrogen and oxygen atoms in total. The zero-order valence-corrected chi connectivity index (χ0v) is 41.0. The fourth-order valence-electron chi connectivity index (χ4n) is 8.30. The maximum atomic E-state index is 12.9. The first-order valence-electron chi connectivity index (χ1n) is 26.2. The molecule has 1 aliphatic heterocycles. The molecule has 0 aromatic rings. The maximum absolute atomic E-state index is 12.9. The lowest BCUT2D eigenvalue weighted by molar-refractivity contribution is -0.150. The van der Waals surface area contributed by atoms with Gasteiger partial charge in [-0.15, -0.1) is 0 Å². The molecule has 1 aliphatic rings. The largest absolute Gasteiger partial charge is 0.462 e. The third kappa shape index (κ3) is 35.3. The summed E-state index contributed by atoms with van der Waals surface area (Å²) in [5.41, 5.74) is 0. The van der Waals surface area contributed by atoms with Crippen LogP contribution < -0.4 is 9.44 Å². The van der Waals surface area contributed by atoms with Crippen molar-refractivity contribution in [3.05, 3.63) is 0 Å². The minimum Gasteiger partial charge on any atom is -0.462 e. The second-order valence-corrected chi connectivity index (χ2v) is 19.9. The minimum absolute atomic E-state index is 0.0125. The lowest BCUT2D eigenvalue weighted by Gasteiger charge is -2.23. The van der Waals surface area contributed by atoms with Gasteiger partial charge in [-0.25, -0.2) is 18.0 Å². The molecule has 1 heterocycles. The van der Waals surface area contributed by atoms with Crippen molar-refractivity contribution in [2.24, 2.45) is 4.36 Å². The second-order valence-electron chi connectivity index (χ2n) is 18.1. The Morgan fingerprint density at radius 1 is 0.550 bits per heavy atom. The van der Waals surface area contributed by atoms with Crippen LogP contribution in [0.2, 0.25) is 0 Å². The fraction of sp³-hybridized carbons (Fsp3) is 0.960. The summed E-state index contributed by atoms with van der Waals surface area (Å²) in [4.78, 5) is 28.0. The number of ether oxygens (including phenoxy) is 2. The summed E-state index contributed by atoms with van der Waals surface area (Å²) in [5, 5.41) is 0. The SMILES string of the molecule is CCCCCCCCC(CC)OC(=O)CCCCCCCN(CCCCCCCC(=O)OC(CCCCCCCC)CCCCCCCC)CCCNS1(=O)=NCCCN1. The summed E-state index contributed by atoms with van der Waals surface area (Å²) in [7, 11) is -2.46. The first kappa shape index (κ1) is 56.8. The van der Waals surface area contributed by atoms with Crippen molar-refractivity contribution >= 4 is 22.0 Å². The molecule has 0 spiro atoms. The first-order valence-corrected chi connectivity index (χ1v) is 27.7. The maximum Gasteiger partial charge on any atom is 0.306 e. The van der Waals surface area contributed by atoms with Crippen molar-refractivity contribution in [3.8, 4) is 0 Å². The highest BCUT2D eigenvalue weighted by Crippen LogP contribution is 2.19. The van der Waals surface area contributed by atoms with Crippen LogP contribution >= 0.6 is 0 Å². The van der Waals surface area contributed by atoms with E-state index < -0.39 is 10.1 Å². The molecular weight excluding hydrogens is 769 g/mol. The van der Waals surface area contributed by atoms with Gasteiger partial charge in [-0.1, -0.05) is 163 Å². The standard InChI is InChI=1S/C50H100N4O5S/c1-5-9-12-15-20-27-36-47(8-4)58-49(55)39-30-23-18-25-32-44-54(46-35-43-53-60(57)51-41-34-42-52-60)45-33-26-19-24-31-40-50(56)59-48(37-28-21-16-13-10-6-2)38-29-22-17-14-11-7-3/h47-48H,5-46H2,1-4H3,(H2,51,52,53,57). The summed E-state index contributed by atoms with van der Waals surface area (Å²) in [6, 6.07) is 0. The molecule has 2 N–H and O–H groups in total. The average Bonchev–Trinajstić information content (AvgIpc) is 3.24. The number of nitrogens with zero attached hydrogens (tertiary/aromatic N) is 2. The van der Waals surface area contributed by atoms with E-state index in [1.807, 2.05) is 0 Å². The Bertz CT molecular complexity index is 1080. The topological polar surface area (TPSA) is 109 Å². The van der Waals surface area contributed by atoms with Crippen LogP contribution in [0.5, 0.6) is 0 Å². The highest BCUT2D eigenvalue weighted by molar-refractivity contribution is 7.89. The number of carbonyl (C=O) groups excluding carboxylic acids is 2. The van der Waals surface area contributed by atoms with E-state index in [1.165, 1.54) is 122 Å². The molecule has 60 heavy (non-hydrogen) atoms. The van der Waals surface area contributed by atoms with Gasteiger partial charge in [-0.3, -0.25) is 9.59 Å². The number of hydrogen-bond acceptors (Lipinski definition) is 7. The first-order chi connectivity index (χ1) is 29.4. The highest BCUT2D eigenvalue weighted by Gasteiger charge is 2.16. The van der Waals surface area contributed by atoms with Gasteiger partial charge in [0.25, 0.3) is 0 Å². The van der Waals surface area contributed by atoms with Crippen LogP contribution in [0, 0.1) is 0 Å². The Balaban J connectivity index is 2.37. The van der Waals surface area contributed by atoms with Gasteiger partial charge >= 0.3 is 11.9 Å². The molecule has 0 saturated heterocycles. The Kier molecular flexibility index (Phi) is 39.5. The molecule has 1 rings (SSSR count). The van der Waals surface area contributed by atoms with Crippen molar-refractivity contribution in [1.82, 2.24) is 14.3 Å². The van der Waals surface area contributed by atoms with E-state index in [0.717, 1.165) is 122 Å². The highest BCUT2D eigenvalue weighted by atomic mass is 32.2. The number of carbonyl (C=O) groups is 2. The third-order valence-corrected chi connectivity index (χ3v) is 14.0. The van der Waals surface area contributed by atoms with Crippen LogP contribution in [0.1, 0.15) is 259 Å². The molecule has 2 unspecified atom stereocenters. The molecule has 0 fully saturated rings. The molecule has 0 aromatic heterocycles. The Morgan fingerprint density at radius 2 is 0.950 bits per heavy atom. The summed E-state index contributed by atoms with van der Waals surface area (Å²) in [6.07, 6.45) is 41.0. The van der Waals surface area contributed by atoms with E-state index in [1.54, 1.807) is 0 Å². The number of esters is 2. The predicted molar refractivity (Wildman–Crippen MR) is 257 cm³/mol. The van der Waals surface area contributed by atoms with Gasteiger partial charge < -0.3 is 14.4 Å². The molecule has 0 saturated carbocycles. The van der Waals surface area contributed by atoms with Gasteiger partial charge in [0.15, 0.2) is 10.1 Å². The molecule has 10 heteroatoms. The number of unbranched alkanes of at least 4 members (excludes halogenated alkanes) is 23. The smallest absolute Gasteiger partial charge is 0.306 e. The van der Waals surface area contributed by atoms with Crippen LogP contribution in [-0.4, -0.2) is 72.5 Å². The monoisotopic (exact) mass is 869 g/mol. The van der Waals surface area contributed by atoms with E-state index in [9.17, 15) is 13.8 Å². The molecule has 0 amide bonds. The van der Waals surface area contributed by atoms with Crippen molar-refractivity contribution in [3.63, 3.8) is 0 Å². The van der Waals surface area contributed by atoms with Gasteiger partial charge in [0.2, 0.25) is 0 Å². The Hall–Kier alpha value is -1.23. The van der Waals surface area contributed by atoms with Gasteiger partial charge in [0, 0.05) is 25.9 Å². The van der Waals surface area contributed by atoms with Gasteiger partial charge in [0.05, 0.1) is 6.54 Å². The normalized spacial score (nSPS) is 16.0. The summed E-state index contributed by atoms with van der Waals surface area (Å²) in [5.74, 6) is -0.00439. The molecular formula is C50H100N4O5S. The van der Waals surface area contributed by atoms with E-state index in [4.69, 9.17) is 9.47 Å². The Labute approximate surface area is 373 Å². The second kappa shape index (κ2) is 41.8. The molecule has 0 radical (unpaired) electrons. The van der Waals surface area contributed by atoms with Crippen molar-refractivity contribution in [2.75, 3.05) is 39.3 Å². The molecule has 0 bridgehead atoms. The van der Waals surface area contributed by atoms with Crippen molar-refractivity contribution in [2.45, 2.75) is 271 Å². The van der Waals surface area contributed by atoms with Crippen molar-refractivity contribution in [1.29, 1.82) is 0 Å². The summed E-state index contributed by atoms with van der Waals surface area (Å²) in [6.45, 7) is 14.1. The lowest BCUT2D eigenvalue weighted by Crippen LogP contribution is -2.41.